The quantitative estimate of drug-likeness (QED) is 0.590. The van der Waals surface area contributed by atoms with E-state index in [2.05, 4.69) is 15.3 Å². The number of fused-ring (bicyclic) bond motifs is 1. The Balaban J connectivity index is 1.54. The van der Waals surface area contributed by atoms with Gasteiger partial charge in [0.15, 0.2) is 0 Å². The van der Waals surface area contributed by atoms with Gasteiger partial charge >= 0.3 is 0 Å². The van der Waals surface area contributed by atoms with Gasteiger partial charge in [0, 0.05) is 57.4 Å². The van der Waals surface area contributed by atoms with Gasteiger partial charge < -0.3 is 19.7 Å². The molecule has 1 N–H and O–H groups in total. The summed E-state index contributed by atoms with van der Waals surface area (Å²) in [6.45, 7) is 4.99. The Hall–Kier alpha value is -3.20. The van der Waals surface area contributed by atoms with Gasteiger partial charge in [-0.15, -0.1) is 0 Å². The molecule has 9 nitrogen and oxygen atoms in total. The van der Waals surface area contributed by atoms with E-state index in [0.717, 1.165) is 30.7 Å². The Kier molecular flexibility index (Phi) is 7.39. The highest BCUT2D eigenvalue weighted by Gasteiger charge is 2.24. The number of aromatic nitrogens is 2. The third-order valence-electron chi connectivity index (χ3n) is 5.87. The monoisotopic (exact) mass is 453 g/mol. The van der Waals surface area contributed by atoms with Crippen molar-refractivity contribution in [3.63, 3.8) is 0 Å². The van der Waals surface area contributed by atoms with Gasteiger partial charge in [-0.1, -0.05) is 0 Å². The van der Waals surface area contributed by atoms with Crippen LogP contribution in [0.25, 0.3) is 0 Å². The van der Waals surface area contributed by atoms with Gasteiger partial charge in [-0.25, -0.2) is 4.98 Å². The maximum absolute atomic E-state index is 13.6. The molecule has 2 amide bonds. The van der Waals surface area contributed by atoms with E-state index in [0.29, 0.717) is 56.5 Å². The second-order valence-electron chi connectivity index (χ2n) is 8.45. The number of anilines is 2. The summed E-state index contributed by atoms with van der Waals surface area (Å²) in [6, 6.07) is 7.32. The predicted octanol–water partition coefficient (Wildman–Crippen LogP) is 2.52. The average Bonchev–Trinajstić information content (AvgIpc) is 3.44. The molecular formula is C24H31N5O4. The molecule has 1 fully saturated rings. The third kappa shape index (κ3) is 5.60. The summed E-state index contributed by atoms with van der Waals surface area (Å²) in [6.07, 6.45) is 4.62. The van der Waals surface area contributed by atoms with E-state index in [1.807, 2.05) is 24.0 Å². The number of benzene rings is 1. The molecule has 33 heavy (non-hydrogen) atoms. The fraction of sp³-hybridized carbons (Fsp3) is 0.500. The lowest BCUT2D eigenvalue weighted by Crippen LogP contribution is -2.35. The van der Waals surface area contributed by atoms with E-state index in [1.54, 1.807) is 30.3 Å². The van der Waals surface area contributed by atoms with Gasteiger partial charge in [0.2, 0.25) is 11.9 Å². The zero-order valence-electron chi connectivity index (χ0n) is 19.2. The Morgan fingerprint density at radius 1 is 1.33 bits per heavy atom. The first kappa shape index (κ1) is 23.0. The molecule has 2 aliphatic heterocycles. The van der Waals surface area contributed by atoms with Crippen LogP contribution in [0.5, 0.6) is 5.75 Å². The maximum Gasteiger partial charge on any atom is 0.259 e. The molecule has 9 heteroatoms. The van der Waals surface area contributed by atoms with Crippen molar-refractivity contribution < 1.29 is 19.1 Å². The predicted molar refractivity (Wildman–Crippen MR) is 125 cm³/mol. The highest BCUT2D eigenvalue weighted by molar-refractivity contribution is 6.05. The fourth-order valence-electron chi connectivity index (χ4n) is 4.24. The molecule has 0 unspecified atom stereocenters. The number of amides is 2. The molecule has 2 aliphatic rings. The second kappa shape index (κ2) is 10.6. The van der Waals surface area contributed by atoms with Gasteiger partial charge in [-0.3, -0.25) is 14.5 Å². The van der Waals surface area contributed by atoms with Crippen molar-refractivity contribution in [3.05, 3.63) is 41.6 Å². The highest BCUT2D eigenvalue weighted by Crippen LogP contribution is 2.27. The Morgan fingerprint density at radius 3 is 3.00 bits per heavy atom. The van der Waals surface area contributed by atoms with E-state index < -0.39 is 0 Å². The number of likely N-dealkylation sites (tertiary alicyclic amines) is 1. The van der Waals surface area contributed by atoms with E-state index in [-0.39, 0.29) is 17.9 Å². The van der Waals surface area contributed by atoms with Crippen molar-refractivity contribution in [2.24, 2.45) is 0 Å². The normalized spacial score (nSPS) is 15.8. The number of carbonyl (C=O) groups is 2. The molecule has 1 atom stereocenters. The molecule has 4 rings (SSSR count). The SMILES string of the molecule is COC[C@H](C)Nc1nccc(N(CCCN2CCCC2=O)C(=O)c2ccc3c(c2)CCO3)n1. The molecule has 2 aromatic rings. The molecule has 1 saturated heterocycles. The van der Waals surface area contributed by atoms with Crippen LogP contribution < -0.4 is 15.0 Å². The van der Waals surface area contributed by atoms with Gasteiger partial charge in [-0.05, 0) is 49.6 Å². The van der Waals surface area contributed by atoms with Crippen LogP contribution in [0.4, 0.5) is 11.8 Å². The van der Waals surface area contributed by atoms with Crippen LogP contribution in [0.2, 0.25) is 0 Å². The number of rotatable bonds is 10. The largest absolute Gasteiger partial charge is 0.493 e. The topological polar surface area (TPSA) is 96.9 Å². The van der Waals surface area contributed by atoms with Gasteiger partial charge in [0.1, 0.15) is 11.6 Å². The van der Waals surface area contributed by atoms with Crippen molar-refractivity contribution in [2.75, 3.05) is 50.2 Å². The minimum atomic E-state index is -0.132. The van der Waals surface area contributed by atoms with Gasteiger partial charge in [0.25, 0.3) is 5.91 Å². The molecule has 0 aliphatic carbocycles. The van der Waals surface area contributed by atoms with Crippen molar-refractivity contribution in [1.82, 2.24) is 14.9 Å². The van der Waals surface area contributed by atoms with Crippen LogP contribution in [-0.4, -0.2) is 72.7 Å². The van der Waals surface area contributed by atoms with Crippen molar-refractivity contribution >= 4 is 23.6 Å². The van der Waals surface area contributed by atoms with Gasteiger partial charge in [0.05, 0.1) is 13.2 Å². The first-order valence-electron chi connectivity index (χ1n) is 11.5. The van der Waals surface area contributed by atoms with Crippen LogP contribution in [0.15, 0.2) is 30.5 Å². The van der Waals surface area contributed by atoms with E-state index in [4.69, 9.17) is 9.47 Å². The summed E-state index contributed by atoms with van der Waals surface area (Å²) in [4.78, 5) is 38.0. The zero-order valence-corrected chi connectivity index (χ0v) is 19.2. The number of hydrogen-bond donors (Lipinski definition) is 1. The standard InChI is InChI=1S/C24H31N5O4/c1-17(16-32-2)26-24-25-10-8-21(27-24)29(13-4-12-28-11-3-5-22(28)30)23(31)19-6-7-20-18(15-19)9-14-33-20/h6-8,10,15,17H,3-5,9,11-14,16H2,1-2H3,(H,25,26,27)/t17-/m0/s1. The summed E-state index contributed by atoms with van der Waals surface area (Å²) in [7, 11) is 1.64. The Morgan fingerprint density at radius 2 is 2.21 bits per heavy atom. The molecule has 0 radical (unpaired) electrons. The van der Waals surface area contributed by atoms with Crippen molar-refractivity contribution in [3.8, 4) is 5.75 Å². The van der Waals surface area contributed by atoms with Crippen molar-refractivity contribution in [1.29, 1.82) is 0 Å². The summed E-state index contributed by atoms with van der Waals surface area (Å²) in [5.41, 5.74) is 1.64. The van der Waals surface area contributed by atoms with E-state index in [1.165, 1.54) is 0 Å². The molecule has 1 aromatic heterocycles. The van der Waals surface area contributed by atoms with Gasteiger partial charge in [-0.2, -0.15) is 4.98 Å². The molecule has 1 aromatic carbocycles. The minimum Gasteiger partial charge on any atom is -0.493 e. The second-order valence-corrected chi connectivity index (χ2v) is 8.45. The lowest BCUT2D eigenvalue weighted by Gasteiger charge is -2.24. The lowest BCUT2D eigenvalue weighted by atomic mass is 10.1. The summed E-state index contributed by atoms with van der Waals surface area (Å²) >= 11 is 0. The number of carbonyl (C=O) groups excluding carboxylic acids is 2. The first-order valence-corrected chi connectivity index (χ1v) is 11.5. The van der Waals surface area contributed by atoms with E-state index >= 15 is 0 Å². The fourth-order valence-corrected chi connectivity index (χ4v) is 4.24. The summed E-state index contributed by atoms with van der Waals surface area (Å²) in [5.74, 6) is 1.85. The number of methoxy groups -OCH3 is 1. The van der Waals surface area contributed by atoms with Crippen LogP contribution in [0.3, 0.4) is 0 Å². The highest BCUT2D eigenvalue weighted by atomic mass is 16.5. The number of hydrogen-bond acceptors (Lipinski definition) is 7. The minimum absolute atomic E-state index is 0.0206. The third-order valence-corrected chi connectivity index (χ3v) is 5.87. The molecule has 0 bridgehead atoms. The molecule has 176 valence electrons. The van der Waals surface area contributed by atoms with E-state index in [9.17, 15) is 9.59 Å². The average molecular weight is 454 g/mol. The van der Waals surface area contributed by atoms with Crippen LogP contribution in [0, 0.1) is 0 Å². The summed E-state index contributed by atoms with van der Waals surface area (Å²) in [5, 5.41) is 3.20. The Bertz CT molecular complexity index is 999. The molecule has 0 spiro atoms. The number of nitrogens with one attached hydrogen (secondary N) is 1. The van der Waals surface area contributed by atoms with Crippen LogP contribution >= 0.6 is 0 Å². The molecule has 0 saturated carbocycles. The smallest absolute Gasteiger partial charge is 0.259 e. The molecule has 3 heterocycles. The number of ether oxygens (including phenoxy) is 2. The van der Waals surface area contributed by atoms with Crippen LogP contribution in [0.1, 0.15) is 42.1 Å². The first-order chi connectivity index (χ1) is 16.0. The summed E-state index contributed by atoms with van der Waals surface area (Å²) < 4.78 is 10.8. The van der Waals surface area contributed by atoms with Crippen LogP contribution in [-0.2, 0) is 16.0 Å². The maximum atomic E-state index is 13.6. The van der Waals surface area contributed by atoms with Crippen molar-refractivity contribution in [2.45, 2.75) is 38.6 Å². The Labute approximate surface area is 194 Å². The molecular weight excluding hydrogens is 422 g/mol. The lowest BCUT2D eigenvalue weighted by molar-refractivity contribution is -0.127. The number of nitrogens with zero attached hydrogens (tertiary/aromatic N) is 4. The zero-order chi connectivity index (χ0) is 23.2.